The predicted molar refractivity (Wildman–Crippen MR) is 375 cm³/mol. The van der Waals surface area contributed by atoms with Crippen LogP contribution in [0.1, 0.15) is 344 Å². The van der Waals surface area contributed by atoms with E-state index in [1.54, 1.807) is 0 Å². The molecule has 0 aromatic heterocycles. The van der Waals surface area contributed by atoms with Crippen LogP contribution in [0.5, 0.6) is 0 Å². The molecule has 3 aromatic rings. The summed E-state index contributed by atoms with van der Waals surface area (Å²) in [5, 5.41) is 0. The quantitative estimate of drug-likeness (QED) is 0.0451. The summed E-state index contributed by atoms with van der Waals surface area (Å²) in [5.74, 6) is 0.898. The number of hydrogen-bond acceptors (Lipinski definition) is 0. The first-order valence-corrected chi connectivity index (χ1v) is 33.1. The summed E-state index contributed by atoms with van der Waals surface area (Å²) < 4.78 is 0. The van der Waals surface area contributed by atoms with Crippen LogP contribution in [-0.2, 0) is 19.3 Å². The molecule has 0 saturated heterocycles. The van der Waals surface area contributed by atoms with Gasteiger partial charge in [0.25, 0.3) is 0 Å². The first kappa shape index (κ1) is 99.1. The van der Waals surface area contributed by atoms with Crippen LogP contribution in [0.4, 0.5) is 0 Å². The van der Waals surface area contributed by atoms with Gasteiger partial charge in [-0.05, 0) is 129 Å². The molecule has 0 aliphatic carbocycles. The predicted octanol–water partition coefficient (Wildman–Crippen LogP) is 28.4. The van der Waals surface area contributed by atoms with Gasteiger partial charge in [-0.1, -0.05) is 342 Å². The molecule has 3 rings (SSSR count). The number of rotatable bonds is 25. The molecular weight excluding hydrogens is 925 g/mol. The van der Waals surface area contributed by atoms with Crippen LogP contribution in [-0.4, -0.2) is 0 Å². The van der Waals surface area contributed by atoms with E-state index in [2.05, 4.69) is 177 Å². The van der Waals surface area contributed by atoms with Crippen molar-refractivity contribution >= 4 is 6.08 Å². The van der Waals surface area contributed by atoms with Gasteiger partial charge in [0, 0.05) is 0 Å². The molecule has 0 amide bonds. The van der Waals surface area contributed by atoms with E-state index in [0.717, 1.165) is 5.92 Å². The lowest BCUT2D eigenvalue weighted by atomic mass is 10.0. The highest BCUT2D eigenvalue weighted by Crippen LogP contribution is 2.17. The van der Waals surface area contributed by atoms with E-state index in [0.29, 0.717) is 0 Å². The summed E-state index contributed by atoms with van der Waals surface area (Å²) in [6, 6.07) is 20.5. The number of terminal acetylenes is 1. The van der Waals surface area contributed by atoms with Gasteiger partial charge in [0.15, 0.2) is 0 Å². The van der Waals surface area contributed by atoms with Crippen LogP contribution in [0.25, 0.3) is 6.08 Å². The summed E-state index contributed by atoms with van der Waals surface area (Å²) in [7, 11) is 0. The molecule has 0 bridgehead atoms. The van der Waals surface area contributed by atoms with Crippen molar-refractivity contribution in [2.75, 3.05) is 0 Å². The molecule has 0 spiro atoms. The third kappa shape index (κ3) is 84.2. The highest BCUT2D eigenvalue weighted by Gasteiger charge is 2.00. The first-order valence-electron chi connectivity index (χ1n) is 33.1. The molecule has 0 atom stereocenters. The average Bonchev–Trinajstić information content (AvgIpc) is 3.48. The van der Waals surface area contributed by atoms with Gasteiger partial charge >= 0.3 is 0 Å². The van der Waals surface area contributed by atoms with Crippen LogP contribution in [0.15, 0.2) is 74.3 Å². The summed E-state index contributed by atoms with van der Waals surface area (Å²) >= 11 is 0. The second kappa shape index (κ2) is 98.2. The lowest BCUT2D eigenvalue weighted by molar-refractivity contribution is 0.576. The van der Waals surface area contributed by atoms with Gasteiger partial charge in [0.1, 0.15) is 0 Å². The zero-order valence-electron chi connectivity index (χ0n) is 58.8. The summed E-state index contributed by atoms with van der Waals surface area (Å²) in [4.78, 5) is 0. The lowest BCUT2D eigenvalue weighted by Gasteiger charge is -2.05. The molecule has 3 aromatic carbocycles. The Kier molecular flexibility index (Phi) is 126. The minimum Gasteiger partial charge on any atom is -0.124 e. The summed E-state index contributed by atoms with van der Waals surface area (Å²) in [6.07, 6.45) is 44.0. The Balaban J connectivity index is -0.0000000767. The molecule has 0 saturated carbocycles. The van der Waals surface area contributed by atoms with E-state index in [9.17, 15) is 0 Å². The molecule has 0 unspecified atom stereocenters. The van der Waals surface area contributed by atoms with Crippen LogP contribution in [0, 0.1) is 53.4 Å². The van der Waals surface area contributed by atoms with E-state index in [4.69, 9.17) is 0 Å². The Morgan fingerprint density at radius 2 is 0.584 bits per heavy atom. The highest BCUT2D eigenvalue weighted by molar-refractivity contribution is 5.52. The molecule has 0 heteroatoms. The molecule has 0 fully saturated rings. The Bertz CT molecular complexity index is 1420. The van der Waals surface area contributed by atoms with Gasteiger partial charge in [0.05, 0.1) is 0 Å². The van der Waals surface area contributed by atoms with Crippen LogP contribution >= 0.6 is 0 Å². The van der Waals surface area contributed by atoms with E-state index in [-0.39, 0.29) is 0 Å². The SMILES string of the molecule is C#C.C=C.C=Cc1ccc(CCCCCCCC)cc1C.CC.CC.CC.CC.CC.CC.CC.CCC.CCCC(C)C.CCCCCCCCCc1ccc(C)c(C)c1.CCCCCCCCc1ccc(C)c(C)c1. The van der Waals surface area contributed by atoms with Crippen molar-refractivity contribution in [3.8, 4) is 12.8 Å². The fraction of sp³-hybridized carbons (Fsp3) is 0.688. The molecule has 0 radical (unpaired) electrons. The largest absolute Gasteiger partial charge is 0.124 e. The van der Waals surface area contributed by atoms with Crippen molar-refractivity contribution in [1.29, 1.82) is 0 Å². The first-order chi connectivity index (χ1) is 37.4. The van der Waals surface area contributed by atoms with Gasteiger partial charge in [-0.15, -0.1) is 26.0 Å². The third-order valence-electron chi connectivity index (χ3n) is 11.3. The fourth-order valence-corrected chi connectivity index (χ4v) is 7.12. The molecule has 0 aliphatic rings. The van der Waals surface area contributed by atoms with Gasteiger partial charge in [-0.25, -0.2) is 0 Å². The van der Waals surface area contributed by atoms with E-state index in [1.165, 1.54) is 211 Å². The molecular formula is C77H150. The van der Waals surface area contributed by atoms with Crippen molar-refractivity contribution in [3.63, 3.8) is 0 Å². The van der Waals surface area contributed by atoms with E-state index in [1.807, 2.05) is 103 Å². The molecule has 458 valence electrons. The fourth-order valence-electron chi connectivity index (χ4n) is 7.12. The smallest absolute Gasteiger partial charge is 0.0233 e. The van der Waals surface area contributed by atoms with Gasteiger partial charge in [-0.2, -0.15) is 0 Å². The number of unbranched alkanes of at least 4 members (excludes halogenated alkanes) is 16. The molecule has 0 heterocycles. The molecule has 0 N–H and O–H groups in total. The maximum atomic E-state index is 4.00. The van der Waals surface area contributed by atoms with Gasteiger partial charge in [0.2, 0.25) is 0 Å². The van der Waals surface area contributed by atoms with Crippen LogP contribution in [0.2, 0.25) is 0 Å². The molecule has 0 aliphatic heterocycles. The lowest BCUT2D eigenvalue weighted by Crippen LogP contribution is -1.89. The Morgan fingerprint density at radius 1 is 0.351 bits per heavy atom. The number of benzene rings is 3. The maximum Gasteiger partial charge on any atom is -0.0233 e. The second-order valence-electron chi connectivity index (χ2n) is 18.0. The van der Waals surface area contributed by atoms with Crippen LogP contribution in [0.3, 0.4) is 0 Å². The highest BCUT2D eigenvalue weighted by atomic mass is 14.1. The Labute approximate surface area is 494 Å². The molecule has 77 heavy (non-hydrogen) atoms. The normalized spacial score (nSPS) is 8.55. The van der Waals surface area contributed by atoms with Gasteiger partial charge < -0.3 is 0 Å². The van der Waals surface area contributed by atoms with Crippen molar-refractivity contribution < 1.29 is 0 Å². The third-order valence-corrected chi connectivity index (χ3v) is 11.3. The summed E-state index contributed by atoms with van der Waals surface area (Å²) in [6.45, 7) is 66.6. The van der Waals surface area contributed by atoms with Crippen molar-refractivity contribution in [1.82, 2.24) is 0 Å². The van der Waals surface area contributed by atoms with E-state index >= 15 is 0 Å². The van der Waals surface area contributed by atoms with Gasteiger partial charge in [-0.3, -0.25) is 0 Å². The summed E-state index contributed by atoms with van der Waals surface area (Å²) in [5.41, 5.74) is 12.8. The standard InChI is InChI=1S/C17H28.C17H26.C16H26.C6H14.C3H8.7C2H6.C2H4.C2H2/c1-4-5-6-7-8-9-10-11-17-13-12-15(2)16(3)14-17;1-4-6-7-8-9-10-11-16-12-13-17(5-2)15(3)14-16;1-4-5-6-7-8-9-10-16-12-11-14(2)15(3)13-16;1-4-5-6(2)3;1-3-2;9*1-2/h12-14H,4-11H2,1-3H3;5,12-14H,2,4,6-11H2,1,3H3;11-13H,4-10H2,1-3H3;6H,4-5H2,1-3H3;3H2,1-2H3;7*1-2H3;1-2H2;1-2H. The monoisotopic (exact) mass is 1080 g/mol. The maximum absolute atomic E-state index is 4.00. The minimum atomic E-state index is 0.898. The molecule has 0 nitrogen and oxygen atoms in total. The zero-order chi connectivity index (χ0) is 62.5. The topological polar surface area (TPSA) is 0 Å². The van der Waals surface area contributed by atoms with Crippen molar-refractivity contribution in [2.24, 2.45) is 5.92 Å². The Morgan fingerprint density at radius 3 is 0.779 bits per heavy atom. The van der Waals surface area contributed by atoms with E-state index < -0.39 is 0 Å². The van der Waals surface area contributed by atoms with Crippen molar-refractivity contribution in [2.45, 2.75) is 347 Å². The minimum absolute atomic E-state index is 0.898. The zero-order valence-corrected chi connectivity index (χ0v) is 58.8. The Hall–Kier alpha value is -3.30. The number of hydrogen-bond donors (Lipinski definition) is 0. The average molecular weight is 1080 g/mol. The second-order valence-corrected chi connectivity index (χ2v) is 18.0. The number of aryl methyl sites for hydroxylation is 8. The van der Waals surface area contributed by atoms with Crippen LogP contribution < -0.4 is 0 Å². The van der Waals surface area contributed by atoms with Crippen molar-refractivity contribution in [3.05, 3.63) is 124 Å².